The SMILES string of the molecule is CCCOc1cccc(N2C(=O)C(SC(C)C)=C(c3ccc(OC)cc3)C2=O)c1. The molecule has 2 amide bonds. The first-order chi connectivity index (χ1) is 14.0. The number of imide groups is 1. The lowest BCUT2D eigenvalue weighted by atomic mass is 10.1. The van der Waals surface area contributed by atoms with Gasteiger partial charge in [0.1, 0.15) is 11.5 Å². The largest absolute Gasteiger partial charge is 0.497 e. The molecule has 152 valence electrons. The van der Waals surface area contributed by atoms with Crippen molar-refractivity contribution in [2.45, 2.75) is 32.4 Å². The standard InChI is InChI=1S/C23H25NO4S/c1-5-13-28-19-8-6-7-17(14-19)24-22(25)20(21(23(24)26)29-15(2)3)16-9-11-18(27-4)12-10-16/h6-12,14-15H,5,13H2,1-4H3. The van der Waals surface area contributed by atoms with E-state index in [9.17, 15) is 9.59 Å². The minimum absolute atomic E-state index is 0.161. The summed E-state index contributed by atoms with van der Waals surface area (Å²) < 4.78 is 10.9. The van der Waals surface area contributed by atoms with E-state index >= 15 is 0 Å². The molecule has 3 rings (SSSR count). The second-order valence-electron chi connectivity index (χ2n) is 6.89. The Balaban J connectivity index is 2.01. The van der Waals surface area contributed by atoms with E-state index in [-0.39, 0.29) is 17.1 Å². The molecule has 6 heteroatoms. The number of benzene rings is 2. The van der Waals surface area contributed by atoms with Crippen molar-refractivity contribution >= 4 is 34.8 Å². The summed E-state index contributed by atoms with van der Waals surface area (Å²) in [5.41, 5.74) is 1.64. The van der Waals surface area contributed by atoms with E-state index < -0.39 is 0 Å². The highest BCUT2D eigenvalue weighted by molar-refractivity contribution is 8.04. The Kier molecular flexibility index (Phi) is 6.64. The molecule has 0 aromatic heterocycles. The van der Waals surface area contributed by atoms with Crippen molar-refractivity contribution in [3.63, 3.8) is 0 Å². The van der Waals surface area contributed by atoms with Crippen LogP contribution in [0.25, 0.3) is 5.57 Å². The van der Waals surface area contributed by atoms with Crippen LogP contribution in [0.1, 0.15) is 32.8 Å². The normalized spacial score (nSPS) is 14.2. The Morgan fingerprint density at radius 3 is 2.34 bits per heavy atom. The van der Waals surface area contributed by atoms with E-state index in [2.05, 4.69) is 0 Å². The fourth-order valence-electron chi connectivity index (χ4n) is 3.03. The monoisotopic (exact) mass is 411 g/mol. The van der Waals surface area contributed by atoms with Gasteiger partial charge in [-0.25, -0.2) is 4.90 Å². The summed E-state index contributed by atoms with van der Waals surface area (Å²) in [7, 11) is 1.59. The Bertz CT molecular complexity index is 934. The fraction of sp³-hybridized carbons (Fsp3) is 0.304. The number of hydrogen-bond acceptors (Lipinski definition) is 5. The van der Waals surface area contributed by atoms with Crippen LogP contribution in [0.2, 0.25) is 0 Å². The summed E-state index contributed by atoms with van der Waals surface area (Å²) >= 11 is 1.41. The van der Waals surface area contributed by atoms with Crippen molar-refractivity contribution in [2.24, 2.45) is 0 Å². The van der Waals surface area contributed by atoms with Crippen LogP contribution >= 0.6 is 11.8 Å². The average Bonchev–Trinajstić information content (AvgIpc) is 2.96. The van der Waals surface area contributed by atoms with Crippen LogP contribution in [0.15, 0.2) is 53.4 Å². The third-order valence-corrected chi connectivity index (χ3v) is 5.41. The predicted octanol–water partition coefficient (Wildman–Crippen LogP) is 4.91. The molecule has 0 saturated heterocycles. The average molecular weight is 412 g/mol. The van der Waals surface area contributed by atoms with Crippen LogP contribution in [0, 0.1) is 0 Å². The third-order valence-electron chi connectivity index (χ3n) is 4.32. The lowest BCUT2D eigenvalue weighted by Gasteiger charge is -2.16. The highest BCUT2D eigenvalue weighted by Crippen LogP contribution is 2.40. The molecular weight excluding hydrogens is 386 g/mol. The summed E-state index contributed by atoms with van der Waals surface area (Å²) in [5.74, 6) is 0.714. The number of hydrogen-bond donors (Lipinski definition) is 0. The zero-order valence-electron chi connectivity index (χ0n) is 17.1. The summed E-state index contributed by atoms with van der Waals surface area (Å²) in [6.45, 7) is 6.61. The molecule has 29 heavy (non-hydrogen) atoms. The topological polar surface area (TPSA) is 55.8 Å². The third kappa shape index (κ3) is 4.48. The Hall–Kier alpha value is -2.73. The van der Waals surface area contributed by atoms with Gasteiger partial charge in [0.15, 0.2) is 0 Å². The van der Waals surface area contributed by atoms with Gasteiger partial charge in [0, 0.05) is 11.3 Å². The minimum atomic E-state index is -0.323. The molecule has 0 fully saturated rings. The molecule has 0 atom stereocenters. The van der Waals surface area contributed by atoms with Crippen LogP contribution in [0.5, 0.6) is 11.5 Å². The number of methoxy groups -OCH3 is 1. The zero-order valence-corrected chi connectivity index (χ0v) is 17.9. The van der Waals surface area contributed by atoms with Crippen molar-refractivity contribution in [3.8, 4) is 11.5 Å². The van der Waals surface area contributed by atoms with E-state index in [0.717, 1.165) is 6.42 Å². The Morgan fingerprint density at radius 1 is 1.00 bits per heavy atom. The molecule has 0 aliphatic carbocycles. The summed E-state index contributed by atoms with van der Waals surface area (Å²) in [6, 6.07) is 14.3. The second-order valence-corrected chi connectivity index (χ2v) is 8.48. The molecule has 2 aromatic carbocycles. The first kappa shape index (κ1) is 21.0. The van der Waals surface area contributed by atoms with Gasteiger partial charge < -0.3 is 9.47 Å². The number of thioether (sulfide) groups is 1. The highest BCUT2D eigenvalue weighted by Gasteiger charge is 2.40. The summed E-state index contributed by atoms with van der Waals surface area (Å²) in [5, 5.41) is 0.161. The number of ether oxygens (including phenoxy) is 2. The maximum Gasteiger partial charge on any atom is 0.272 e. The molecule has 0 N–H and O–H groups in total. The molecule has 1 aliphatic heterocycles. The molecular formula is C23H25NO4S. The maximum atomic E-state index is 13.4. The van der Waals surface area contributed by atoms with Crippen LogP contribution in [0.4, 0.5) is 5.69 Å². The highest BCUT2D eigenvalue weighted by atomic mass is 32.2. The van der Waals surface area contributed by atoms with Crippen molar-refractivity contribution in [2.75, 3.05) is 18.6 Å². The van der Waals surface area contributed by atoms with Gasteiger partial charge >= 0.3 is 0 Å². The molecule has 1 aliphatic rings. The first-order valence-corrected chi connectivity index (χ1v) is 10.5. The second kappa shape index (κ2) is 9.18. The van der Waals surface area contributed by atoms with Gasteiger partial charge in [0.25, 0.3) is 11.8 Å². The van der Waals surface area contributed by atoms with Gasteiger partial charge in [0.05, 0.1) is 29.9 Å². The van der Waals surface area contributed by atoms with Crippen molar-refractivity contribution in [3.05, 3.63) is 59.0 Å². The fourth-order valence-corrected chi connectivity index (χ4v) is 4.02. The Labute approximate surface area is 175 Å². The van der Waals surface area contributed by atoms with Crippen LogP contribution in [0.3, 0.4) is 0 Å². The smallest absolute Gasteiger partial charge is 0.272 e. The number of rotatable bonds is 8. The Morgan fingerprint density at radius 2 is 1.72 bits per heavy atom. The molecule has 0 radical (unpaired) electrons. The molecule has 0 bridgehead atoms. The first-order valence-electron chi connectivity index (χ1n) is 9.63. The number of carbonyl (C=O) groups excluding carboxylic acids is 2. The van der Waals surface area contributed by atoms with E-state index in [0.29, 0.717) is 39.8 Å². The molecule has 5 nitrogen and oxygen atoms in total. The van der Waals surface area contributed by atoms with Gasteiger partial charge in [0.2, 0.25) is 0 Å². The van der Waals surface area contributed by atoms with Gasteiger partial charge in [-0.05, 0) is 36.2 Å². The molecule has 0 saturated carbocycles. The lowest BCUT2D eigenvalue weighted by Crippen LogP contribution is -2.31. The molecule has 1 heterocycles. The van der Waals surface area contributed by atoms with Gasteiger partial charge in [-0.2, -0.15) is 0 Å². The van der Waals surface area contributed by atoms with E-state index in [1.165, 1.54) is 16.7 Å². The van der Waals surface area contributed by atoms with E-state index in [1.807, 2.05) is 39.0 Å². The molecule has 2 aromatic rings. The number of nitrogens with zero attached hydrogens (tertiary/aromatic N) is 1. The molecule has 0 spiro atoms. The van der Waals surface area contributed by atoms with Crippen LogP contribution in [-0.4, -0.2) is 30.8 Å². The predicted molar refractivity (Wildman–Crippen MR) is 117 cm³/mol. The van der Waals surface area contributed by atoms with Crippen LogP contribution < -0.4 is 14.4 Å². The summed E-state index contributed by atoms with van der Waals surface area (Å²) in [6.07, 6.45) is 0.879. The van der Waals surface area contributed by atoms with Gasteiger partial charge in [-0.15, -0.1) is 11.8 Å². The lowest BCUT2D eigenvalue weighted by molar-refractivity contribution is -0.119. The number of carbonyl (C=O) groups is 2. The minimum Gasteiger partial charge on any atom is -0.497 e. The zero-order chi connectivity index (χ0) is 21.0. The van der Waals surface area contributed by atoms with Crippen molar-refractivity contribution in [1.29, 1.82) is 0 Å². The van der Waals surface area contributed by atoms with E-state index in [1.54, 1.807) is 37.4 Å². The number of amides is 2. The maximum absolute atomic E-state index is 13.4. The number of anilines is 1. The van der Waals surface area contributed by atoms with Gasteiger partial charge in [-0.1, -0.05) is 39.0 Å². The molecule has 0 unspecified atom stereocenters. The quantitative estimate of drug-likeness (QED) is 0.578. The van der Waals surface area contributed by atoms with Crippen molar-refractivity contribution < 1.29 is 19.1 Å². The van der Waals surface area contributed by atoms with Crippen LogP contribution in [-0.2, 0) is 9.59 Å². The van der Waals surface area contributed by atoms with Gasteiger partial charge in [-0.3, -0.25) is 9.59 Å². The van der Waals surface area contributed by atoms with E-state index in [4.69, 9.17) is 9.47 Å². The summed E-state index contributed by atoms with van der Waals surface area (Å²) in [4.78, 5) is 28.3. The van der Waals surface area contributed by atoms with Crippen molar-refractivity contribution in [1.82, 2.24) is 0 Å².